The Kier molecular flexibility index (Phi) is 3.73. The Morgan fingerprint density at radius 3 is 2.54 bits per heavy atom. The summed E-state index contributed by atoms with van der Waals surface area (Å²) in [5.74, 6) is 0.591. The van der Waals surface area contributed by atoms with E-state index in [1.54, 1.807) is 6.20 Å². The number of benzene rings is 1. The van der Waals surface area contributed by atoms with Crippen LogP contribution in [0.2, 0.25) is 0 Å². The zero-order valence-electron chi connectivity index (χ0n) is 13.8. The second-order valence-electron chi connectivity index (χ2n) is 6.94. The first kappa shape index (κ1) is 15.5. The Balaban J connectivity index is 1.44. The molecular weight excluding hydrogens is 307 g/mol. The van der Waals surface area contributed by atoms with Gasteiger partial charge in [-0.1, -0.05) is 12.1 Å². The average Bonchev–Trinajstić information content (AvgIpc) is 3.18. The number of nitrogens with one attached hydrogen (secondary N) is 2. The Hall–Kier alpha value is -2.05. The van der Waals surface area contributed by atoms with Crippen LogP contribution in [0.25, 0.3) is 0 Å². The SMILES string of the molecule is CC(C)(F)c1cnc(Nc2ccc([C@@H]3O[C@H]4CNC3C4)cc2)cn1. The third-order valence-corrected chi connectivity index (χ3v) is 4.60. The number of aromatic nitrogens is 2. The molecule has 3 heterocycles. The van der Waals surface area contributed by atoms with E-state index in [1.165, 1.54) is 25.6 Å². The molecule has 4 rings (SSSR count). The lowest BCUT2D eigenvalue weighted by Crippen LogP contribution is -2.33. The Morgan fingerprint density at radius 1 is 1.21 bits per heavy atom. The highest BCUT2D eigenvalue weighted by molar-refractivity contribution is 5.55. The number of alkyl halides is 1. The summed E-state index contributed by atoms with van der Waals surface area (Å²) < 4.78 is 19.8. The number of nitrogens with zero attached hydrogens (tertiary/aromatic N) is 2. The van der Waals surface area contributed by atoms with Crippen LogP contribution in [-0.2, 0) is 10.4 Å². The van der Waals surface area contributed by atoms with Gasteiger partial charge in [-0.3, -0.25) is 4.98 Å². The molecule has 0 spiro atoms. The van der Waals surface area contributed by atoms with Crippen LogP contribution in [0.3, 0.4) is 0 Å². The van der Waals surface area contributed by atoms with Gasteiger partial charge in [0, 0.05) is 18.3 Å². The number of rotatable bonds is 4. The van der Waals surface area contributed by atoms with Crippen LogP contribution in [0.5, 0.6) is 0 Å². The van der Waals surface area contributed by atoms with Gasteiger partial charge in [0.2, 0.25) is 0 Å². The van der Waals surface area contributed by atoms with Crippen molar-refractivity contribution in [1.29, 1.82) is 0 Å². The monoisotopic (exact) mass is 328 g/mol. The molecule has 0 aliphatic carbocycles. The number of hydrogen-bond donors (Lipinski definition) is 2. The van der Waals surface area contributed by atoms with Crippen LogP contribution in [0.1, 0.15) is 37.6 Å². The van der Waals surface area contributed by atoms with Gasteiger partial charge in [-0.25, -0.2) is 9.37 Å². The Morgan fingerprint density at radius 2 is 2.00 bits per heavy atom. The van der Waals surface area contributed by atoms with Crippen molar-refractivity contribution in [3.05, 3.63) is 47.9 Å². The molecule has 5 nitrogen and oxygen atoms in total. The quantitative estimate of drug-likeness (QED) is 0.902. The molecule has 0 amide bonds. The molecule has 2 saturated heterocycles. The van der Waals surface area contributed by atoms with Gasteiger partial charge in [0.1, 0.15) is 11.5 Å². The zero-order valence-corrected chi connectivity index (χ0v) is 13.8. The van der Waals surface area contributed by atoms with E-state index in [9.17, 15) is 4.39 Å². The predicted molar refractivity (Wildman–Crippen MR) is 89.9 cm³/mol. The zero-order chi connectivity index (χ0) is 16.7. The Labute approximate surface area is 140 Å². The van der Waals surface area contributed by atoms with Crippen LogP contribution in [0.15, 0.2) is 36.7 Å². The van der Waals surface area contributed by atoms with Crippen LogP contribution in [-0.4, -0.2) is 28.7 Å². The van der Waals surface area contributed by atoms with E-state index in [0.29, 0.717) is 23.7 Å². The summed E-state index contributed by atoms with van der Waals surface area (Å²) in [4.78, 5) is 8.35. The molecule has 0 saturated carbocycles. The first-order chi connectivity index (χ1) is 11.5. The fraction of sp³-hybridized carbons (Fsp3) is 0.444. The normalized spacial score (nSPS) is 25.9. The van der Waals surface area contributed by atoms with Crippen molar-refractivity contribution in [2.75, 3.05) is 11.9 Å². The number of morpholine rings is 1. The molecule has 2 aromatic rings. The average molecular weight is 328 g/mol. The summed E-state index contributed by atoms with van der Waals surface area (Å²) in [6.45, 7) is 3.90. The fourth-order valence-electron chi connectivity index (χ4n) is 3.28. The summed E-state index contributed by atoms with van der Waals surface area (Å²) in [6, 6.07) is 8.57. The smallest absolute Gasteiger partial charge is 0.148 e. The molecule has 1 aromatic carbocycles. The van der Waals surface area contributed by atoms with E-state index in [-0.39, 0.29) is 6.10 Å². The summed E-state index contributed by atoms with van der Waals surface area (Å²) in [5, 5.41) is 6.67. The van der Waals surface area contributed by atoms with Gasteiger partial charge in [-0.2, -0.15) is 0 Å². The second kappa shape index (κ2) is 5.79. The highest BCUT2D eigenvalue weighted by Gasteiger charge is 2.41. The second-order valence-corrected chi connectivity index (χ2v) is 6.94. The number of halogens is 1. The molecule has 6 heteroatoms. The van der Waals surface area contributed by atoms with E-state index in [4.69, 9.17) is 4.74 Å². The molecule has 2 fully saturated rings. The van der Waals surface area contributed by atoms with E-state index in [2.05, 4.69) is 32.7 Å². The Bertz CT molecular complexity index is 711. The van der Waals surface area contributed by atoms with E-state index >= 15 is 0 Å². The molecule has 2 aliphatic heterocycles. The maximum absolute atomic E-state index is 13.8. The molecular formula is C18H21FN4O. The molecule has 2 aliphatic rings. The molecule has 126 valence electrons. The van der Waals surface area contributed by atoms with Crippen molar-refractivity contribution >= 4 is 11.5 Å². The van der Waals surface area contributed by atoms with Gasteiger partial charge >= 0.3 is 0 Å². The number of hydrogen-bond acceptors (Lipinski definition) is 5. The van der Waals surface area contributed by atoms with Crippen molar-refractivity contribution in [3.63, 3.8) is 0 Å². The van der Waals surface area contributed by atoms with Crippen LogP contribution >= 0.6 is 0 Å². The fourth-order valence-corrected chi connectivity index (χ4v) is 3.28. The van der Waals surface area contributed by atoms with Crippen molar-refractivity contribution in [3.8, 4) is 0 Å². The predicted octanol–water partition coefficient (Wildman–Crippen LogP) is 3.23. The van der Waals surface area contributed by atoms with Crippen LogP contribution < -0.4 is 10.6 Å². The van der Waals surface area contributed by atoms with Crippen molar-refractivity contribution in [1.82, 2.24) is 15.3 Å². The minimum Gasteiger partial charge on any atom is -0.367 e. The van der Waals surface area contributed by atoms with Gasteiger partial charge in [-0.05, 0) is 38.0 Å². The molecule has 3 atom stereocenters. The largest absolute Gasteiger partial charge is 0.367 e. The number of ether oxygens (including phenoxy) is 1. The number of anilines is 2. The lowest BCUT2D eigenvalue weighted by Gasteiger charge is -2.23. The van der Waals surface area contributed by atoms with E-state index < -0.39 is 5.67 Å². The minimum absolute atomic E-state index is 0.142. The standard InChI is InChI=1S/C18H21FN4O/c1-18(2,19)15-9-22-16(10-21-15)23-12-5-3-11(4-6-12)17-14-7-13(24-17)8-20-14/h3-6,9-10,13-14,17,20H,7-8H2,1-2H3,(H,22,23)/t13-,14?,17+/m1/s1. The van der Waals surface area contributed by atoms with Crippen LogP contribution in [0.4, 0.5) is 15.9 Å². The van der Waals surface area contributed by atoms with Gasteiger partial charge < -0.3 is 15.4 Å². The third-order valence-electron chi connectivity index (χ3n) is 4.60. The van der Waals surface area contributed by atoms with E-state index in [1.807, 2.05) is 12.1 Å². The summed E-state index contributed by atoms with van der Waals surface area (Å²) in [5.41, 5.74) is 0.934. The molecule has 2 N–H and O–H groups in total. The molecule has 1 unspecified atom stereocenters. The molecule has 0 radical (unpaired) electrons. The molecule has 1 aromatic heterocycles. The lowest BCUT2D eigenvalue weighted by atomic mass is 10.0. The first-order valence-electron chi connectivity index (χ1n) is 8.26. The summed E-state index contributed by atoms with van der Waals surface area (Å²) in [6.07, 6.45) is 4.60. The maximum atomic E-state index is 13.8. The summed E-state index contributed by atoms with van der Waals surface area (Å²) in [7, 11) is 0. The van der Waals surface area contributed by atoms with Crippen molar-refractivity contribution in [2.24, 2.45) is 0 Å². The first-order valence-corrected chi connectivity index (χ1v) is 8.26. The highest BCUT2D eigenvalue weighted by Crippen LogP contribution is 2.37. The van der Waals surface area contributed by atoms with Gasteiger partial charge in [-0.15, -0.1) is 0 Å². The highest BCUT2D eigenvalue weighted by atomic mass is 19.1. The van der Waals surface area contributed by atoms with E-state index in [0.717, 1.165) is 18.7 Å². The topological polar surface area (TPSA) is 59.1 Å². The van der Waals surface area contributed by atoms with Gasteiger partial charge in [0.05, 0.1) is 30.3 Å². The lowest BCUT2D eigenvalue weighted by molar-refractivity contribution is 0.0160. The van der Waals surface area contributed by atoms with Crippen molar-refractivity contribution < 1.29 is 9.13 Å². The number of fused-ring (bicyclic) bond motifs is 2. The van der Waals surface area contributed by atoms with Crippen molar-refractivity contribution in [2.45, 2.75) is 44.2 Å². The third kappa shape index (κ3) is 2.99. The van der Waals surface area contributed by atoms with Gasteiger partial charge in [0.25, 0.3) is 0 Å². The van der Waals surface area contributed by atoms with Crippen LogP contribution in [0, 0.1) is 0 Å². The molecule has 24 heavy (non-hydrogen) atoms. The van der Waals surface area contributed by atoms with Gasteiger partial charge in [0.15, 0.2) is 0 Å². The summed E-state index contributed by atoms with van der Waals surface area (Å²) >= 11 is 0. The minimum atomic E-state index is -1.48. The molecule has 2 bridgehead atoms. The maximum Gasteiger partial charge on any atom is 0.148 e.